The summed E-state index contributed by atoms with van der Waals surface area (Å²) in [7, 11) is 0. The molecule has 1 amide bonds. The molecule has 0 radical (unpaired) electrons. The van der Waals surface area contributed by atoms with E-state index < -0.39 is 5.60 Å². The number of thioether (sulfide) groups is 1. The van der Waals surface area contributed by atoms with Gasteiger partial charge < -0.3 is 15.0 Å². The summed E-state index contributed by atoms with van der Waals surface area (Å²) in [4.78, 5) is 14.0. The van der Waals surface area contributed by atoms with Crippen molar-refractivity contribution >= 4 is 17.9 Å². The lowest BCUT2D eigenvalue weighted by Crippen LogP contribution is -2.50. The molecule has 0 aromatic rings. The predicted molar refractivity (Wildman–Crippen MR) is 74.8 cm³/mol. The van der Waals surface area contributed by atoms with E-state index in [2.05, 4.69) is 12.2 Å². The Bertz CT molecular complexity index is 319. The van der Waals surface area contributed by atoms with Crippen LogP contribution in [-0.4, -0.2) is 46.3 Å². The van der Waals surface area contributed by atoms with E-state index in [1.807, 2.05) is 37.4 Å². The van der Waals surface area contributed by atoms with Crippen LogP contribution in [0, 0.1) is 0 Å². The minimum Gasteiger partial charge on any atom is -0.444 e. The Labute approximate surface area is 114 Å². The minimum atomic E-state index is -0.402. The van der Waals surface area contributed by atoms with Crippen molar-refractivity contribution in [3.05, 3.63) is 0 Å². The fourth-order valence-corrected chi connectivity index (χ4v) is 3.99. The summed E-state index contributed by atoms with van der Waals surface area (Å²) in [5.74, 6) is 0. The molecule has 0 aromatic heterocycles. The third kappa shape index (κ3) is 3.32. The van der Waals surface area contributed by atoms with Crippen LogP contribution in [0.4, 0.5) is 4.79 Å². The number of nitrogens with one attached hydrogen (secondary N) is 1. The first kappa shape index (κ1) is 14.0. The maximum Gasteiger partial charge on any atom is 0.410 e. The molecule has 0 aromatic carbocycles. The highest BCUT2D eigenvalue weighted by atomic mass is 32.2. The van der Waals surface area contributed by atoms with Crippen molar-refractivity contribution < 1.29 is 9.53 Å². The highest BCUT2D eigenvalue weighted by Crippen LogP contribution is 2.40. The molecule has 1 N–H and O–H groups in total. The molecule has 2 aliphatic heterocycles. The Morgan fingerprint density at radius 3 is 2.44 bits per heavy atom. The van der Waals surface area contributed by atoms with E-state index in [0.29, 0.717) is 5.25 Å². The van der Waals surface area contributed by atoms with Crippen LogP contribution >= 0.6 is 11.8 Å². The van der Waals surface area contributed by atoms with E-state index in [0.717, 1.165) is 32.5 Å². The lowest BCUT2D eigenvalue weighted by Gasteiger charge is -2.39. The molecule has 0 saturated carbocycles. The molecule has 2 rings (SSSR count). The summed E-state index contributed by atoms with van der Waals surface area (Å²) in [5.41, 5.74) is -0.402. The van der Waals surface area contributed by atoms with Gasteiger partial charge in [-0.15, -0.1) is 11.8 Å². The van der Waals surface area contributed by atoms with Gasteiger partial charge in [-0.1, -0.05) is 6.92 Å². The largest absolute Gasteiger partial charge is 0.444 e. The quantitative estimate of drug-likeness (QED) is 0.735. The number of carbonyl (C=O) groups excluding carboxylic acids is 1. The first-order valence-corrected chi connectivity index (χ1v) is 7.58. The molecule has 4 nitrogen and oxygen atoms in total. The van der Waals surface area contributed by atoms with Gasteiger partial charge in [-0.25, -0.2) is 4.79 Å². The summed E-state index contributed by atoms with van der Waals surface area (Å²) < 4.78 is 5.41. The highest BCUT2D eigenvalue weighted by Gasteiger charge is 2.41. The second-order valence-corrected chi connectivity index (χ2v) is 8.09. The van der Waals surface area contributed by atoms with Crippen molar-refractivity contribution in [3.8, 4) is 0 Å². The van der Waals surface area contributed by atoms with Crippen LogP contribution in [0.15, 0.2) is 0 Å². The summed E-state index contributed by atoms with van der Waals surface area (Å²) in [6, 6.07) is 0. The lowest BCUT2D eigenvalue weighted by atomic mass is 10.0. The Hall–Kier alpha value is -0.420. The fraction of sp³-hybridized carbons (Fsp3) is 0.923. The van der Waals surface area contributed by atoms with Crippen molar-refractivity contribution in [2.24, 2.45) is 0 Å². The zero-order valence-corrected chi connectivity index (χ0v) is 12.6. The summed E-state index contributed by atoms with van der Waals surface area (Å²) in [5, 5.41) is 4.29. The van der Waals surface area contributed by atoms with Gasteiger partial charge in [0.1, 0.15) is 5.60 Å². The average Bonchev–Trinajstić information content (AvgIpc) is 2.58. The summed E-state index contributed by atoms with van der Waals surface area (Å²) in [6.07, 6.45) is 1.86. The maximum atomic E-state index is 12.0. The first-order valence-electron chi connectivity index (χ1n) is 6.70. The number of rotatable bonds is 0. The fourth-order valence-electron chi connectivity index (χ4n) is 2.47. The van der Waals surface area contributed by atoms with Crippen LogP contribution in [0.5, 0.6) is 0 Å². The molecule has 1 unspecified atom stereocenters. The highest BCUT2D eigenvalue weighted by molar-refractivity contribution is 8.01. The van der Waals surface area contributed by atoms with Gasteiger partial charge in [0, 0.05) is 24.9 Å². The normalized spacial score (nSPS) is 27.6. The molecule has 1 atom stereocenters. The van der Waals surface area contributed by atoms with Gasteiger partial charge in [-0.2, -0.15) is 0 Å². The van der Waals surface area contributed by atoms with Crippen LogP contribution in [0.2, 0.25) is 0 Å². The molecule has 0 aliphatic carbocycles. The molecule has 1 spiro atoms. The van der Waals surface area contributed by atoms with E-state index in [9.17, 15) is 4.79 Å². The number of likely N-dealkylation sites (tertiary alicyclic amines) is 1. The second-order valence-electron chi connectivity index (χ2n) is 6.27. The third-order valence-corrected chi connectivity index (χ3v) is 4.93. The van der Waals surface area contributed by atoms with Crippen LogP contribution in [0.25, 0.3) is 0 Å². The SMILES string of the molecule is CC1CNC2(CCN(C(=O)OC(C)(C)C)CC2)S1. The van der Waals surface area contributed by atoms with Gasteiger partial charge in [-0.05, 0) is 33.6 Å². The van der Waals surface area contributed by atoms with Crippen LogP contribution in [-0.2, 0) is 4.74 Å². The Balaban J connectivity index is 1.85. The molecule has 2 saturated heterocycles. The molecule has 0 bridgehead atoms. The van der Waals surface area contributed by atoms with Crippen molar-refractivity contribution in [2.45, 2.75) is 56.3 Å². The third-order valence-electron chi connectivity index (χ3n) is 3.36. The first-order chi connectivity index (χ1) is 8.30. The molecule has 2 heterocycles. The maximum absolute atomic E-state index is 12.0. The molecule has 2 aliphatic rings. The van der Waals surface area contributed by atoms with Gasteiger partial charge in [0.25, 0.3) is 0 Å². The van der Waals surface area contributed by atoms with Gasteiger partial charge in [0.15, 0.2) is 0 Å². The molecular formula is C13H24N2O2S. The monoisotopic (exact) mass is 272 g/mol. The topological polar surface area (TPSA) is 41.6 Å². The second kappa shape index (κ2) is 4.93. The standard InChI is InChI=1S/C13H24N2O2S/c1-10-9-14-13(18-10)5-7-15(8-6-13)11(16)17-12(2,3)4/h10,14H,5-9H2,1-4H3. The van der Waals surface area contributed by atoms with Crippen LogP contribution < -0.4 is 5.32 Å². The Morgan fingerprint density at radius 1 is 1.39 bits per heavy atom. The molecule has 5 heteroatoms. The van der Waals surface area contributed by atoms with E-state index in [4.69, 9.17) is 4.74 Å². The molecule has 104 valence electrons. The number of carbonyl (C=O) groups is 1. The number of hydrogen-bond donors (Lipinski definition) is 1. The van der Waals surface area contributed by atoms with Crippen molar-refractivity contribution in [1.82, 2.24) is 10.2 Å². The van der Waals surface area contributed by atoms with Gasteiger partial charge in [0.2, 0.25) is 0 Å². The van der Waals surface area contributed by atoms with Crippen molar-refractivity contribution in [3.63, 3.8) is 0 Å². The summed E-state index contributed by atoms with van der Waals surface area (Å²) >= 11 is 2.03. The van der Waals surface area contributed by atoms with E-state index in [1.54, 1.807) is 0 Å². The number of hydrogen-bond acceptors (Lipinski definition) is 4. The number of piperidine rings is 1. The Morgan fingerprint density at radius 2 is 2.00 bits per heavy atom. The van der Waals surface area contributed by atoms with Gasteiger partial charge in [0.05, 0.1) is 4.87 Å². The van der Waals surface area contributed by atoms with E-state index >= 15 is 0 Å². The lowest BCUT2D eigenvalue weighted by molar-refractivity contribution is 0.0191. The number of nitrogens with zero attached hydrogens (tertiary/aromatic N) is 1. The minimum absolute atomic E-state index is 0.173. The number of amides is 1. The zero-order valence-electron chi connectivity index (χ0n) is 11.8. The van der Waals surface area contributed by atoms with Crippen molar-refractivity contribution in [2.75, 3.05) is 19.6 Å². The number of ether oxygens (including phenoxy) is 1. The van der Waals surface area contributed by atoms with Crippen LogP contribution in [0.3, 0.4) is 0 Å². The molecular weight excluding hydrogens is 248 g/mol. The smallest absolute Gasteiger partial charge is 0.410 e. The average molecular weight is 272 g/mol. The van der Waals surface area contributed by atoms with Gasteiger partial charge in [-0.3, -0.25) is 0 Å². The predicted octanol–water partition coefficient (Wildman–Crippen LogP) is 2.44. The van der Waals surface area contributed by atoms with Crippen molar-refractivity contribution in [1.29, 1.82) is 0 Å². The van der Waals surface area contributed by atoms with E-state index in [-0.39, 0.29) is 11.0 Å². The van der Waals surface area contributed by atoms with E-state index in [1.165, 1.54) is 0 Å². The summed E-state index contributed by atoms with van der Waals surface area (Å²) in [6.45, 7) is 10.7. The van der Waals surface area contributed by atoms with Crippen LogP contribution in [0.1, 0.15) is 40.5 Å². The zero-order chi connectivity index (χ0) is 13.4. The molecule has 2 fully saturated rings. The molecule has 18 heavy (non-hydrogen) atoms. The Kier molecular flexibility index (Phi) is 3.83. The van der Waals surface area contributed by atoms with Gasteiger partial charge >= 0.3 is 6.09 Å².